The Kier molecular flexibility index (Phi) is 4.95. The summed E-state index contributed by atoms with van der Waals surface area (Å²) in [5.41, 5.74) is 0. The van der Waals surface area contributed by atoms with E-state index >= 15 is 0 Å². The van der Waals surface area contributed by atoms with Gasteiger partial charge in [0.15, 0.2) is 0 Å². The van der Waals surface area contributed by atoms with Gasteiger partial charge < -0.3 is 0 Å². The normalized spacial score (nSPS) is 8.43. The molecule has 0 aliphatic heterocycles. The van der Waals surface area contributed by atoms with Gasteiger partial charge in [0.25, 0.3) is 0 Å². The summed E-state index contributed by atoms with van der Waals surface area (Å²) >= 11 is 1.25. The molecule has 0 aromatic heterocycles. The standard InChI is InChI=1S/C6H10.Hf/c1-3-5-6-4-2;/h3H,1,5-6H2,2H3;/q;+2. The van der Waals surface area contributed by atoms with Crippen LogP contribution < -0.4 is 0 Å². The summed E-state index contributed by atoms with van der Waals surface area (Å²) in [6.07, 6.45) is 4.40. The number of allylic oxidation sites excluding steroid dienone is 1. The molecule has 0 heterocycles. The van der Waals surface area contributed by atoms with Crippen LogP contribution in [0.3, 0.4) is 0 Å². The van der Waals surface area contributed by atoms with Crippen LogP contribution in [0.2, 0.25) is 0 Å². The number of hydrogen-bond donors (Lipinski definition) is 0. The summed E-state index contributed by atoms with van der Waals surface area (Å²) in [5.74, 6) is 0. The molecule has 0 saturated heterocycles. The van der Waals surface area contributed by atoms with Gasteiger partial charge in [-0.05, 0) is 0 Å². The topological polar surface area (TPSA) is 0 Å². The van der Waals surface area contributed by atoms with Gasteiger partial charge in [-0.25, -0.2) is 0 Å². The molecule has 0 atom stereocenters. The third kappa shape index (κ3) is 6.48. The Balaban J connectivity index is 2.97. The van der Waals surface area contributed by atoms with Gasteiger partial charge in [-0.15, -0.1) is 0 Å². The third-order valence-corrected chi connectivity index (χ3v) is 1.62. The van der Waals surface area contributed by atoms with Crippen molar-refractivity contribution in [3.8, 4) is 0 Å². The molecule has 0 aromatic rings. The molecule has 0 aliphatic rings. The van der Waals surface area contributed by atoms with Crippen molar-refractivity contribution in [3.05, 3.63) is 12.7 Å². The molecule has 0 unspecified atom stereocenters. The maximum atomic E-state index is 3.63. The van der Waals surface area contributed by atoms with Crippen molar-refractivity contribution in [2.45, 2.75) is 19.8 Å². The quantitative estimate of drug-likeness (QED) is 0.535. The van der Waals surface area contributed by atoms with Crippen LogP contribution in [0.5, 0.6) is 0 Å². The van der Waals surface area contributed by atoms with Gasteiger partial charge in [0.1, 0.15) is 0 Å². The summed E-state index contributed by atoms with van der Waals surface area (Å²) in [5, 5.41) is 0. The van der Waals surface area contributed by atoms with Crippen LogP contribution in [0.4, 0.5) is 0 Å². The second kappa shape index (κ2) is 4.63. The number of rotatable bonds is 3. The van der Waals surface area contributed by atoms with Crippen molar-refractivity contribution in [1.82, 2.24) is 0 Å². The van der Waals surface area contributed by atoms with E-state index in [0.29, 0.717) is 0 Å². The fourth-order valence-electron chi connectivity index (χ4n) is 0.319. The fourth-order valence-corrected chi connectivity index (χ4v) is 0.837. The van der Waals surface area contributed by atoms with E-state index in [-0.39, 0.29) is 0 Å². The Morgan fingerprint density at radius 2 is 2.43 bits per heavy atom. The molecule has 0 N–H and O–H groups in total. The molecule has 7 heavy (non-hydrogen) atoms. The average molecular weight is 261 g/mol. The van der Waals surface area contributed by atoms with Crippen molar-refractivity contribution >= 4 is 3.26 Å². The van der Waals surface area contributed by atoms with Crippen LogP contribution in [0, 0.1) is 0 Å². The summed E-state index contributed by atoms with van der Waals surface area (Å²) in [6, 6.07) is 0. The zero-order valence-corrected chi connectivity index (χ0v) is 8.29. The SMILES string of the molecule is C=CCC[C](C)=[Hf+2]. The minimum absolute atomic E-state index is 1.16. The van der Waals surface area contributed by atoms with Crippen LogP contribution in [0.15, 0.2) is 12.7 Å². The zero-order valence-electron chi connectivity index (χ0n) is 4.70. The molecule has 0 nitrogen and oxygen atoms in total. The van der Waals surface area contributed by atoms with E-state index < -0.39 is 0 Å². The van der Waals surface area contributed by atoms with Crippen LogP contribution in [0.1, 0.15) is 19.8 Å². The Hall–Kier alpha value is 0.480. The molecule has 0 rings (SSSR count). The summed E-state index contributed by atoms with van der Waals surface area (Å²) < 4.78 is 1.62. The number of hydrogen-bond acceptors (Lipinski definition) is 0. The molecule has 36 valence electrons. The van der Waals surface area contributed by atoms with E-state index in [0.717, 1.165) is 6.42 Å². The summed E-state index contributed by atoms with van der Waals surface area (Å²) in [6.45, 7) is 5.84. The first-order valence-electron chi connectivity index (χ1n) is 2.42. The molecule has 1 heteroatoms. The first-order valence-corrected chi connectivity index (χ1v) is 4.22. The molecule has 0 saturated carbocycles. The predicted octanol–water partition coefficient (Wildman–Crippen LogP) is 1.69. The van der Waals surface area contributed by atoms with E-state index in [9.17, 15) is 0 Å². The summed E-state index contributed by atoms with van der Waals surface area (Å²) in [7, 11) is 0. The second-order valence-corrected chi connectivity index (χ2v) is 4.67. The summed E-state index contributed by atoms with van der Waals surface area (Å²) in [4.78, 5) is 0. The van der Waals surface area contributed by atoms with Gasteiger partial charge in [-0.1, -0.05) is 0 Å². The van der Waals surface area contributed by atoms with Gasteiger partial charge in [-0.3, -0.25) is 0 Å². The Morgan fingerprint density at radius 3 is 2.57 bits per heavy atom. The Bertz CT molecular complexity index is 74.2. The molecular weight excluding hydrogens is 251 g/mol. The fraction of sp³-hybridized carbons (Fsp3) is 0.500. The van der Waals surface area contributed by atoms with Gasteiger partial charge in [0, 0.05) is 0 Å². The molecule has 0 radical (unpaired) electrons. The predicted molar refractivity (Wildman–Crippen MR) is 30.1 cm³/mol. The Morgan fingerprint density at radius 1 is 1.86 bits per heavy atom. The first-order chi connectivity index (χ1) is 3.27. The monoisotopic (exact) mass is 262 g/mol. The molecule has 0 spiro atoms. The van der Waals surface area contributed by atoms with Crippen LogP contribution in [-0.2, 0) is 23.9 Å². The zero-order chi connectivity index (χ0) is 5.70. The van der Waals surface area contributed by atoms with Gasteiger partial charge in [0.05, 0.1) is 0 Å². The second-order valence-electron chi connectivity index (χ2n) is 1.61. The minimum atomic E-state index is 1.16. The van der Waals surface area contributed by atoms with E-state index in [2.05, 4.69) is 13.5 Å². The molecule has 0 aliphatic carbocycles. The van der Waals surface area contributed by atoms with Crippen molar-refractivity contribution in [1.29, 1.82) is 0 Å². The molecule has 0 aromatic carbocycles. The van der Waals surface area contributed by atoms with E-state index in [1.165, 1.54) is 30.3 Å². The van der Waals surface area contributed by atoms with E-state index in [1.807, 2.05) is 6.08 Å². The van der Waals surface area contributed by atoms with Crippen molar-refractivity contribution < 1.29 is 23.9 Å². The molecule has 0 fully saturated rings. The van der Waals surface area contributed by atoms with Crippen molar-refractivity contribution in [3.63, 3.8) is 0 Å². The van der Waals surface area contributed by atoms with Crippen LogP contribution in [-0.4, -0.2) is 3.26 Å². The van der Waals surface area contributed by atoms with Gasteiger partial charge in [-0.2, -0.15) is 0 Å². The van der Waals surface area contributed by atoms with Gasteiger partial charge in [0.2, 0.25) is 0 Å². The van der Waals surface area contributed by atoms with Crippen LogP contribution >= 0.6 is 0 Å². The first kappa shape index (κ1) is 7.48. The van der Waals surface area contributed by atoms with Crippen molar-refractivity contribution in [2.24, 2.45) is 0 Å². The molecule has 0 amide bonds. The van der Waals surface area contributed by atoms with E-state index in [1.54, 1.807) is 3.26 Å². The Labute approximate surface area is 59.7 Å². The maximum absolute atomic E-state index is 3.63. The van der Waals surface area contributed by atoms with E-state index in [4.69, 9.17) is 0 Å². The van der Waals surface area contributed by atoms with Crippen LogP contribution in [0.25, 0.3) is 0 Å². The van der Waals surface area contributed by atoms with Crippen molar-refractivity contribution in [2.75, 3.05) is 0 Å². The average Bonchev–Trinajstić information content (AvgIpc) is 1.61. The van der Waals surface area contributed by atoms with Gasteiger partial charge >= 0.3 is 59.6 Å². The third-order valence-electron chi connectivity index (χ3n) is 0.723. The molecular formula is C6H10Hf+2. The molecule has 0 bridgehead atoms.